The second-order valence-corrected chi connectivity index (χ2v) is 8.71. The molecule has 162 valence electrons. The molecule has 1 fully saturated rings. The highest BCUT2D eigenvalue weighted by molar-refractivity contribution is 7.89. The lowest BCUT2D eigenvalue weighted by Gasteiger charge is -2.34. The number of methoxy groups -OCH3 is 1. The van der Waals surface area contributed by atoms with Crippen molar-refractivity contribution in [3.05, 3.63) is 59.4 Å². The third-order valence-corrected chi connectivity index (χ3v) is 6.91. The van der Waals surface area contributed by atoms with Crippen LogP contribution in [-0.2, 0) is 21.2 Å². The minimum atomic E-state index is -4.34. The minimum Gasteiger partial charge on any atom is -0.497 e. The number of ether oxygens (including phenoxy) is 1. The van der Waals surface area contributed by atoms with Crippen molar-refractivity contribution in [2.75, 3.05) is 33.3 Å². The summed E-state index contributed by atoms with van der Waals surface area (Å²) in [6, 6.07) is 8.63. The van der Waals surface area contributed by atoms with Crippen molar-refractivity contribution in [2.24, 2.45) is 0 Å². The Morgan fingerprint density at radius 2 is 1.60 bits per heavy atom. The van der Waals surface area contributed by atoms with Gasteiger partial charge in [-0.25, -0.2) is 21.6 Å². The van der Waals surface area contributed by atoms with E-state index in [2.05, 4.69) is 0 Å². The van der Waals surface area contributed by atoms with Crippen molar-refractivity contribution in [1.29, 1.82) is 0 Å². The summed E-state index contributed by atoms with van der Waals surface area (Å²) in [5, 5.41) is 0. The predicted molar refractivity (Wildman–Crippen MR) is 103 cm³/mol. The van der Waals surface area contributed by atoms with Crippen LogP contribution in [0.1, 0.15) is 12.0 Å². The first-order chi connectivity index (χ1) is 14.2. The summed E-state index contributed by atoms with van der Waals surface area (Å²) in [6.45, 7) is 0.141. The molecule has 10 heteroatoms. The molecule has 1 heterocycles. The number of amides is 1. The lowest BCUT2D eigenvalue weighted by molar-refractivity contribution is -0.132. The normalized spacial score (nSPS) is 15.3. The molecular weight excluding hydrogens is 421 g/mol. The van der Waals surface area contributed by atoms with Crippen molar-refractivity contribution >= 4 is 15.9 Å². The summed E-state index contributed by atoms with van der Waals surface area (Å²) >= 11 is 0. The molecule has 0 N–H and O–H groups in total. The minimum absolute atomic E-state index is 0.0605. The Morgan fingerprint density at radius 3 is 2.20 bits per heavy atom. The van der Waals surface area contributed by atoms with Crippen LogP contribution in [-0.4, -0.2) is 56.8 Å². The Balaban J connectivity index is 1.58. The van der Waals surface area contributed by atoms with Gasteiger partial charge in [0.25, 0.3) is 0 Å². The fourth-order valence-corrected chi connectivity index (χ4v) is 4.70. The Hall–Kier alpha value is -2.59. The molecule has 0 aromatic heterocycles. The van der Waals surface area contributed by atoms with Gasteiger partial charge in [0.05, 0.1) is 7.11 Å². The molecule has 2 aromatic rings. The fourth-order valence-electron chi connectivity index (χ4n) is 3.23. The van der Waals surface area contributed by atoms with Crippen LogP contribution in [0.15, 0.2) is 41.3 Å². The average Bonchev–Trinajstić information content (AvgIpc) is 2.76. The van der Waals surface area contributed by atoms with E-state index >= 15 is 0 Å². The number of benzene rings is 2. The monoisotopic (exact) mass is 442 g/mol. The highest BCUT2D eigenvalue weighted by Crippen LogP contribution is 2.24. The first-order valence-corrected chi connectivity index (χ1v) is 10.7. The van der Waals surface area contributed by atoms with Crippen LogP contribution >= 0.6 is 0 Å². The molecule has 0 bridgehead atoms. The Kier molecular flexibility index (Phi) is 6.67. The van der Waals surface area contributed by atoms with Crippen LogP contribution in [0.4, 0.5) is 13.2 Å². The van der Waals surface area contributed by atoms with E-state index in [1.807, 2.05) is 12.1 Å². The topological polar surface area (TPSA) is 66.9 Å². The van der Waals surface area contributed by atoms with E-state index in [0.717, 1.165) is 15.6 Å². The van der Waals surface area contributed by atoms with Crippen LogP contribution in [0.3, 0.4) is 0 Å². The van der Waals surface area contributed by atoms with Gasteiger partial charge in [-0.3, -0.25) is 4.79 Å². The maximum absolute atomic E-state index is 13.9. The zero-order chi connectivity index (χ0) is 21.9. The van der Waals surface area contributed by atoms with Crippen LogP contribution in [0.5, 0.6) is 5.75 Å². The molecule has 0 radical (unpaired) electrons. The van der Waals surface area contributed by atoms with Crippen molar-refractivity contribution in [3.63, 3.8) is 0 Å². The summed E-state index contributed by atoms with van der Waals surface area (Å²) < 4.78 is 71.7. The third-order valence-electron chi connectivity index (χ3n) is 5.00. The fraction of sp³-hybridized carbons (Fsp3) is 0.350. The summed E-state index contributed by atoms with van der Waals surface area (Å²) in [7, 11) is -2.77. The number of rotatable bonds is 6. The smallest absolute Gasteiger partial charge is 0.246 e. The van der Waals surface area contributed by atoms with Gasteiger partial charge in [0, 0.05) is 32.6 Å². The zero-order valence-corrected chi connectivity index (χ0v) is 17.1. The molecule has 1 aliphatic heterocycles. The molecule has 2 aromatic carbocycles. The molecule has 1 amide bonds. The van der Waals surface area contributed by atoms with Gasteiger partial charge in [-0.2, -0.15) is 4.31 Å². The number of hydrogen-bond acceptors (Lipinski definition) is 4. The maximum atomic E-state index is 13.9. The van der Waals surface area contributed by atoms with Crippen molar-refractivity contribution in [2.45, 2.75) is 17.7 Å². The standard InChI is InChI=1S/C20H21F3N2O4S/c1-29-15-5-2-14(3-6-15)4-9-18(26)24-10-12-25(13-11-24)30(27,28)17-8-7-16(21)19(22)20(17)23/h2-3,5-8H,4,9-13H2,1H3. The van der Waals surface area contributed by atoms with Crippen LogP contribution in [0.25, 0.3) is 0 Å². The van der Waals surface area contributed by atoms with E-state index in [4.69, 9.17) is 4.74 Å². The SMILES string of the molecule is COc1ccc(CCC(=O)N2CCN(S(=O)(=O)c3ccc(F)c(F)c3F)CC2)cc1. The van der Waals surface area contributed by atoms with Gasteiger partial charge < -0.3 is 9.64 Å². The van der Waals surface area contributed by atoms with Gasteiger partial charge in [-0.1, -0.05) is 12.1 Å². The van der Waals surface area contributed by atoms with E-state index in [1.54, 1.807) is 19.2 Å². The van der Waals surface area contributed by atoms with E-state index in [9.17, 15) is 26.4 Å². The molecule has 0 unspecified atom stereocenters. The number of sulfonamides is 1. The molecule has 1 saturated heterocycles. The quantitative estimate of drug-likeness (QED) is 0.645. The Morgan fingerprint density at radius 1 is 0.967 bits per heavy atom. The molecule has 0 spiro atoms. The molecule has 30 heavy (non-hydrogen) atoms. The van der Waals surface area contributed by atoms with Gasteiger partial charge in [0.1, 0.15) is 10.6 Å². The summed E-state index contributed by atoms with van der Waals surface area (Å²) in [6.07, 6.45) is 0.790. The second kappa shape index (κ2) is 9.05. The summed E-state index contributed by atoms with van der Waals surface area (Å²) in [4.78, 5) is 13.1. The molecule has 0 atom stereocenters. The van der Waals surface area contributed by atoms with Crippen molar-refractivity contribution in [1.82, 2.24) is 9.21 Å². The number of aryl methyl sites for hydroxylation is 1. The number of hydrogen-bond donors (Lipinski definition) is 0. The molecule has 0 aliphatic carbocycles. The maximum Gasteiger partial charge on any atom is 0.246 e. The lowest BCUT2D eigenvalue weighted by atomic mass is 10.1. The van der Waals surface area contributed by atoms with Crippen LogP contribution in [0, 0.1) is 17.5 Å². The average molecular weight is 442 g/mol. The number of carbonyl (C=O) groups is 1. The third kappa shape index (κ3) is 4.59. The largest absolute Gasteiger partial charge is 0.497 e. The second-order valence-electron chi connectivity index (χ2n) is 6.81. The molecule has 1 aliphatic rings. The lowest BCUT2D eigenvalue weighted by Crippen LogP contribution is -2.50. The van der Waals surface area contributed by atoms with Gasteiger partial charge in [-0.15, -0.1) is 0 Å². The van der Waals surface area contributed by atoms with Crippen LogP contribution in [0.2, 0.25) is 0 Å². The Labute approximate surface area is 172 Å². The van der Waals surface area contributed by atoms with E-state index in [1.165, 1.54) is 4.90 Å². The molecular formula is C20H21F3N2O4S. The first-order valence-electron chi connectivity index (χ1n) is 9.28. The highest BCUT2D eigenvalue weighted by Gasteiger charge is 2.33. The number of carbonyl (C=O) groups excluding carboxylic acids is 1. The van der Waals surface area contributed by atoms with Crippen molar-refractivity contribution in [3.8, 4) is 5.75 Å². The molecule has 6 nitrogen and oxygen atoms in total. The number of nitrogens with zero attached hydrogens (tertiary/aromatic N) is 2. The van der Waals surface area contributed by atoms with Gasteiger partial charge in [0.2, 0.25) is 15.9 Å². The first kappa shape index (κ1) is 22.1. The highest BCUT2D eigenvalue weighted by atomic mass is 32.2. The summed E-state index contributed by atoms with van der Waals surface area (Å²) in [5.41, 5.74) is 0.971. The van der Waals surface area contributed by atoms with E-state index < -0.39 is 32.4 Å². The van der Waals surface area contributed by atoms with E-state index in [0.29, 0.717) is 18.6 Å². The molecule has 3 rings (SSSR count). The van der Waals surface area contributed by atoms with Gasteiger partial charge in [0.15, 0.2) is 17.5 Å². The zero-order valence-electron chi connectivity index (χ0n) is 16.3. The van der Waals surface area contributed by atoms with Gasteiger partial charge in [-0.05, 0) is 36.2 Å². The van der Waals surface area contributed by atoms with Crippen LogP contribution < -0.4 is 4.74 Å². The predicted octanol–water partition coefficient (Wildman–Crippen LogP) is 2.58. The van der Waals surface area contributed by atoms with Gasteiger partial charge >= 0.3 is 0 Å². The number of halogens is 3. The Bertz CT molecular complexity index is 1020. The van der Waals surface area contributed by atoms with E-state index in [-0.39, 0.29) is 38.5 Å². The number of piperazine rings is 1. The summed E-state index contributed by atoms with van der Waals surface area (Å²) in [5.74, 6) is -4.43. The molecule has 0 saturated carbocycles. The van der Waals surface area contributed by atoms with Crippen molar-refractivity contribution < 1.29 is 31.1 Å².